The van der Waals surface area contributed by atoms with Crippen LogP contribution in [0.3, 0.4) is 0 Å². The zero-order valence-corrected chi connectivity index (χ0v) is 13.1. The van der Waals surface area contributed by atoms with Crippen molar-refractivity contribution in [3.63, 3.8) is 0 Å². The highest BCUT2D eigenvalue weighted by atomic mass is 32.2. The molecule has 22 heavy (non-hydrogen) atoms. The molecule has 0 bridgehead atoms. The second kappa shape index (κ2) is 5.64. The van der Waals surface area contributed by atoms with Gasteiger partial charge in [-0.1, -0.05) is 18.2 Å². The molecule has 0 aromatic heterocycles. The number of carboxylic acids is 1. The number of rotatable bonds is 6. The van der Waals surface area contributed by atoms with E-state index in [4.69, 9.17) is 9.84 Å². The molecule has 6 nitrogen and oxygen atoms in total. The van der Waals surface area contributed by atoms with Crippen LogP contribution in [0.4, 0.5) is 0 Å². The predicted molar refractivity (Wildman–Crippen MR) is 79.1 cm³/mol. The van der Waals surface area contributed by atoms with Gasteiger partial charge >= 0.3 is 5.97 Å². The Balaban J connectivity index is 1.77. The van der Waals surface area contributed by atoms with Crippen molar-refractivity contribution in [3.8, 4) is 0 Å². The molecule has 0 radical (unpaired) electrons. The number of benzene rings is 1. The smallest absolute Gasteiger partial charge is 0.333 e. The number of methoxy groups -OCH3 is 1. The van der Waals surface area contributed by atoms with Crippen LogP contribution < -0.4 is 0 Å². The second-order valence-electron chi connectivity index (χ2n) is 5.89. The first-order chi connectivity index (χ1) is 10.4. The number of ether oxygens (including phenoxy) is 1. The standard InChI is InChI=1S/C15H19NO5S/c1-21-14(15(17)18)11-8-16(9-11)22(19,20)13-5-3-2-4-12(13)10-6-7-10/h2-5,10-11,14H,6-9H2,1H3,(H,17,18). The first kappa shape index (κ1) is 15.5. The van der Waals surface area contributed by atoms with Crippen LogP contribution in [0.25, 0.3) is 0 Å². The lowest BCUT2D eigenvalue weighted by molar-refractivity contribution is -0.154. The highest BCUT2D eigenvalue weighted by Gasteiger charge is 2.44. The summed E-state index contributed by atoms with van der Waals surface area (Å²) in [4.78, 5) is 11.4. The van der Waals surface area contributed by atoms with E-state index >= 15 is 0 Å². The summed E-state index contributed by atoms with van der Waals surface area (Å²) in [6, 6.07) is 7.10. The second-order valence-corrected chi connectivity index (χ2v) is 7.80. The lowest BCUT2D eigenvalue weighted by Gasteiger charge is -2.40. The van der Waals surface area contributed by atoms with E-state index in [1.54, 1.807) is 12.1 Å². The fraction of sp³-hybridized carbons (Fsp3) is 0.533. The minimum Gasteiger partial charge on any atom is -0.479 e. The van der Waals surface area contributed by atoms with Crippen molar-refractivity contribution in [1.82, 2.24) is 4.31 Å². The van der Waals surface area contributed by atoms with Crippen LogP contribution in [-0.2, 0) is 19.6 Å². The summed E-state index contributed by atoms with van der Waals surface area (Å²) in [6.07, 6.45) is 1.10. The maximum Gasteiger partial charge on any atom is 0.333 e. The SMILES string of the molecule is COC(C(=O)O)C1CN(S(=O)(=O)c2ccccc2C2CC2)C1. The van der Waals surface area contributed by atoms with Gasteiger partial charge in [0.25, 0.3) is 0 Å². The van der Waals surface area contributed by atoms with Crippen molar-refractivity contribution in [3.05, 3.63) is 29.8 Å². The fourth-order valence-electron chi connectivity index (χ4n) is 2.94. The van der Waals surface area contributed by atoms with E-state index in [0.717, 1.165) is 18.4 Å². The number of aliphatic carboxylic acids is 1. The molecule has 1 N–H and O–H groups in total. The molecule has 7 heteroatoms. The number of nitrogens with zero attached hydrogens (tertiary/aromatic N) is 1. The van der Waals surface area contributed by atoms with Crippen LogP contribution in [0.5, 0.6) is 0 Å². The van der Waals surface area contributed by atoms with E-state index in [9.17, 15) is 13.2 Å². The van der Waals surface area contributed by atoms with Gasteiger partial charge in [0.1, 0.15) is 0 Å². The molecular weight excluding hydrogens is 306 g/mol. The van der Waals surface area contributed by atoms with E-state index in [2.05, 4.69) is 0 Å². The monoisotopic (exact) mass is 325 g/mol. The molecule has 0 amide bonds. The molecule has 120 valence electrons. The number of hydrogen-bond acceptors (Lipinski definition) is 4. The van der Waals surface area contributed by atoms with E-state index in [0.29, 0.717) is 10.8 Å². The number of carboxylic acid groups (broad SMARTS) is 1. The van der Waals surface area contributed by atoms with Gasteiger partial charge in [-0.2, -0.15) is 4.31 Å². The summed E-state index contributed by atoms with van der Waals surface area (Å²) >= 11 is 0. The molecule has 2 aliphatic rings. The van der Waals surface area contributed by atoms with Crippen molar-refractivity contribution in [1.29, 1.82) is 0 Å². The van der Waals surface area contributed by atoms with Gasteiger partial charge in [-0.05, 0) is 30.4 Å². The van der Waals surface area contributed by atoms with Crippen molar-refractivity contribution >= 4 is 16.0 Å². The van der Waals surface area contributed by atoms with E-state index in [-0.39, 0.29) is 19.0 Å². The minimum atomic E-state index is -3.55. The predicted octanol–water partition coefficient (Wildman–Crippen LogP) is 1.28. The highest BCUT2D eigenvalue weighted by molar-refractivity contribution is 7.89. The van der Waals surface area contributed by atoms with Crippen molar-refractivity contribution < 1.29 is 23.1 Å². The van der Waals surface area contributed by atoms with Crippen LogP contribution in [-0.4, -0.2) is 50.1 Å². The Morgan fingerprint density at radius 3 is 2.50 bits per heavy atom. The Kier molecular flexibility index (Phi) is 3.96. The molecule has 1 unspecified atom stereocenters. The lowest BCUT2D eigenvalue weighted by Crippen LogP contribution is -2.56. The van der Waals surface area contributed by atoms with Gasteiger partial charge in [-0.15, -0.1) is 0 Å². The molecule has 1 heterocycles. The van der Waals surface area contributed by atoms with Gasteiger partial charge in [0.15, 0.2) is 6.10 Å². The summed E-state index contributed by atoms with van der Waals surface area (Å²) in [5.74, 6) is -1.01. The van der Waals surface area contributed by atoms with E-state index in [1.807, 2.05) is 12.1 Å². The van der Waals surface area contributed by atoms with Gasteiger partial charge in [0.2, 0.25) is 10.0 Å². The summed E-state index contributed by atoms with van der Waals surface area (Å²) in [6.45, 7) is 0.373. The molecule has 2 fully saturated rings. The molecule has 1 aliphatic carbocycles. The zero-order chi connectivity index (χ0) is 15.9. The Labute approximate surface area is 129 Å². The molecule has 1 saturated heterocycles. The molecule has 1 atom stereocenters. The van der Waals surface area contributed by atoms with E-state index in [1.165, 1.54) is 11.4 Å². The first-order valence-electron chi connectivity index (χ1n) is 7.30. The summed E-state index contributed by atoms with van der Waals surface area (Å²) in [5, 5.41) is 9.05. The number of carbonyl (C=O) groups is 1. The van der Waals surface area contributed by atoms with E-state index < -0.39 is 22.1 Å². The average Bonchev–Trinajstić information content (AvgIpc) is 3.25. The quantitative estimate of drug-likeness (QED) is 0.852. The molecular formula is C15H19NO5S. The van der Waals surface area contributed by atoms with Gasteiger partial charge in [-0.25, -0.2) is 13.2 Å². The molecule has 1 aromatic carbocycles. The molecule has 3 rings (SSSR count). The molecule has 0 spiro atoms. The normalized spacial score (nSPS) is 21.3. The molecule has 1 aliphatic heterocycles. The Morgan fingerprint density at radius 2 is 1.95 bits per heavy atom. The van der Waals surface area contributed by atoms with Gasteiger partial charge in [0.05, 0.1) is 4.90 Å². The third-order valence-electron chi connectivity index (χ3n) is 4.36. The fourth-order valence-corrected chi connectivity index (χ4v) is 4.78. The zero-order valence-electron chi connectivity index (χ0n) is 12.3. The highest BCUT2D eigenvalue weighted by Crippen LogP contribution is 2.43. The van der Waals surface area contributed by atoms with Gasteiger partial charge < -0.3 is 9.84 Å². The summed E-state index contributed by atoms with van der Waals surface area (Å²) in [5.41, 5.74) is 0.882. The summed E-state index contributed by atoms with van der Waals surface area (Å²) < 4.78 is 31.7. The maximum absolute atomic E-state index is 12.7. The minimum absolute atomic E-state index is 0.187. The van der Waals surface area contributed by atoms with Crippen LogP contribution in [0.15, 0.2) is 29.2 Å². The molecule has 1 saturated carbocycles. The van der Waals surface area contributed by atoms with Crippen molar-refractivity contribution in [2.24, 2.45) is 5.92 Å². The van der Waals surface area contributed by atoms with Crippen LogP contribution >= 0.6 is 0 Å². The number of hydrogen-bond donors (Lipinski definition) is 1. The molecule has 1 aromatic rings. The van der Waals surface area contributed by atoms with Gasteiger partial charge in [0, 0.05) is 26.1 Å². The Hall–Kier alpha value is -1.44. The Bertz CT molecular complexity index is 677. The lowest BCUT2D eigenvalue weighted by atomic mass is 9.96. The first-order valence-corrected chi connectivity index (χ1v) is 8.74. The van der Waals surface area contributed by atoms with Crippen molar-refractivity contribution in [2.75, 3.05) is 20.2 Å². The topological polar surface area (TPSA) is 83.9 Å². The Morgan fingerprint density at radius 1 is 1.32 bits per heavy atom. The van der Waals surface area contributed by atoms with Crippen molar-refractivity contribution in [2.45, 2.75) is 29.8 Å². The third-order valence-corrected chi connectivity index (χ3v) is 6.26. The van der Waals surface area contributed by atoms with Crippen LogP contribution in [0.1, 0.15) is 24.3 Å². The van der Waals surface area contributed by atoms with Gasteiger partial charge in [-0.3, -0.25) is 0 Å². The van der Waals surface area contributed by atoms with Crippen LogP contribution in [0, 0.1) is 5.92 Å². The number of sulfonamides is 1. The third kappa shape index (κ3) is 2.64. The largest absolute Gasteiger partial charge is 0.479 e. The maximum atomic E-state index is 12.7. The summed E-state index contributed by atoms with van der Waals surface area (Å²) in [7, 11) is -2.22. The van der Waals surface area contributed by atoms with Crippen LogP contribution in [0.2, 0.25) is 0 Å². The average molecular weight is 325 g/mol.